The summed E-state index contributed by atoms with van der Waals surface area (Å²) >= 11 is 0. The third kappa shape index (κ3) is 3.56. The van der Waals surface area contributed by atoms with Crippen LogP contribution < -0.4 is 10.2 Å². The average Bonchev–Trinajstić information content (AvgIpc) is 2.93. The number of nitrogens with zero attached hydrogens (tertiary/aromatic N) is 2. The molecule has 1 aromatic heterocycles. The van der Waals surface area contributed by atoms with Crippen molar-refractivity contribution in [3.63, 3.8) is 0 Å². The van der Waals surface area contributed by atoms with E-state index in [1.165, 1.54) is 25.0 Å². The predicted octanol–water partition coefficient (Wildman–Crippen LogP) is 3.82. The lowest BCUT2D eigenvalue weighted by Gasteiger charge is -2.25. The fourth-order valence-corrected chi connectivity index (χ4v) is 2.90. The molecule has 1 fully saturated rings. The molecule has 126 valence electrons. The summed E-state index contributed by atoms with van der Waals surface area (Å²) in [6.45, 7) is 1.91. The molecule has 0 aliphatic carbocycles. The Balaban J connectivity index is 1.79. The zero-order chi connectivity index (χ0) is 16.9. The van der Waals surface area contributed by atoms with Gasteiger partial charge >= 0.3 is 5.88 Å². The lowest BCUT2D eigenvalue weighted by Crippen LogP contribution is -2.25. The number of anilines is 2. The van der Waals surface area contributed by atoms with Crippen molar-refractivity contribution in [2.45, 2.75) is 25.7 Å². The highest BCUT2D eigenvalue weighted by Gasteiger charge is 2.19. The number of carbonyl (C=O) groups excluding carboxylic acids is 1. The van der Waals surface area contributed by atoms with Crippen LogP contribution in [0.1, 0.15) is 36.2 Å². The van der Waals surface area contributed by atoms with Crippen LogP contribution in [-0.2, 0) is 0 Å². The molecule has 0 spiro atoms. The molecular formula is C17H19N3O4. The number of furan rings is 1. The molecule has 1 aromatic carbocycles. The molecule has 24 heavy (non-hydrogen) atoms. The van der Waals surface area contributed by atoms with Crippen molar-refractivity contribution in [2.75, 3.05) is 23.3 Å². The molecular weight excluding hydrogens is 310 g/mol. The number of para-hydroxylation sites is 2. The molecule has 1 aliphatic heterocycles. The Bertz CT molecular complexity index is 733. The average molecular weight is 329 g/mol. The van der Waals surface area contributed by atoms with E-state index in [0.29, 0.717) is 5.69 Å². The molecule has 0 radical (unpaired) electrons. The van der Waals surface area contributed by atoms with Crippen molar-refractivity contribution < 1.29 is 14.1 Å². The largest absolute Gasteiger partial charge is 0.433 e. The molecule has 2 aromatic rings. The third-order valence-electron chi connectivity index (χ3n) is 4.09. The minimum atomic E-state index is -0.665. The van der Waals surface area contributed by atoms with E-state index in [-0.39, 0.29) is 5.76 Å². The van der Waals surface area contributed by atoms with Crippen molar-refractivity contribution in [1.29, 1.82) is 0 Å². The van der Waals surface area contributed by atoms with Crippen LogP contribution in [0.15, 0.2) is 40.8 Å². The Hall–Kier alpha value is -2.83. The molecule has 0 atom stereocenters. The van der Waals surface area contributed by atoms with E-state index in [9.17, 15) is 14.9 Å². The topological polar surface area (TPSA) is 88.6 Å². The number of amides is 1. The summed E-state index contributed by atoms with van der Waals surface area (Å²) in [6, 6.07) is 10.1. The smallest absolute Gasteiger partial charge is 0.395 e. The van der Waals surface area contributed by atoms with E-state index in [0.717, 1.165) is 31.6 Å². The maximum absolute atomic E-state index is 12.3. The summed E-state index contributed by atoms with van der Waals surface area (Å²) in [7, 11) is 0. The van der Waals surface area contributed by atoms with Gasteiger partial charge in [-0.25, -0.2) is 0 Å². The van der Waals surface area contributed by atoms with Crippen LogP contribution in [0.5, 0.6) is 0 Å². The first kappa shape index (κ1) is 16.0. The Kier molecular flexibility index (Phi) is 4.79. The number of carbonyl (C=O) groups is 1. The molecule has 1 aliphatic rings. The zero-order valence-corrected chi connectivity index (χ0v) is 13.2. The minimum Gasteiger partial charge on any atom is -0.395 e. The summed E-state index contributed by atoms with van der Waals surface area (Å²) < 4.78 is 4.96. The van der Waals surface area contributed by atoms with E-state index < -0.39 is 16.7 Å². The molecule has 7 nitrogen and oxygen atoms in total. The van der Waals surface area contributed by atoms with Gasteiger partial charge in [-0.2, -0.15) is 0 Å². The molecule has 7 heteroatoms. The number of nitro groups is 1. The fraction of sp³-hybridized carbons (Fsp3) is 0.353. The second-order valence-electron chi connectivity index (χ2n) is 5.77. The van der Waals surface area contributed by atoms with Crippen LogP contribution in [0.25, 0.3) is 0 Å². The van der Waals surface area contributed by atoms with E-state index in [4.69, 9.17) is 4.42 Å². The van der Waals surface area contributed by atoms with Crippen LogP contribution in [0.4, 0.5) is 17.3 Å². The van der Waals surface area contributed by atoms with Gasteiger partial charge in [0.2, 0.25) is 0 Å². The van der Waals surface area contributed by atoms with E-state index in [2.05, 4.69) is 10.2 Å². The normalized spacial score (nSPS) is 14.9. The molecule has 0 unspecified atom stereocenters. The van der Waals surface area contributed by atoms with Gasteiger partial charge in [0, 0.05) is 13.1 Å². The van der Waals surface area contributed by atoms with Crippen LogP contribution in [0.3, 0.4) is 0 Å². The van der Waals surface area contributed by atoms with Crippen molar-refractivity contribution >= 4 is 23.2 Å². The zero-order valence-electron chi connectivity index (χ0n) is 13.2. The Morgan fingerprint density at radius 2 is 1.79 bits per heavy atom. The van der Waals surface area contributed by atoms with Gasteiger partial charge in [-0.15, -0.1) is 0 Å². The maximum Gasteiger partial charge on any atom is 0.433 e. The quantitative estimate of drug-likeness (QED) is 0.680. The van der Waals surface area contributed by atoms with Crippen LogP contribution >= 0.6 is 0 Å². The minimum absolute atomic E-state index is 0.0765. The summed E-state index contributed by atoms with van der Waals surface area (Å²) in [5.41, 5.74) is 1.65. The predicted molar refractivity (Wildman–Crippen MR) is 90.4 cm³/mol. The Labute approximate surface area is 139 Å². The van der Waals surface area contributed by atoms with Gasteiger partial charge in [0.15, 0.2) is 5.76 Å². The number of rotatable bonds is 4. The summed E-state index contributed by atoms with van der Waals surface area (Å²) in [5, 5.41) is 13.5. The monoisotopic (exact) mass is 329 g/mol. The van der Waals surface area contributed by atoms with Gasteiger partial charge < -0.3 is 14.6 Å². The van der Waals surface area contributed by atoms with Gasteiger partial charge in [0.05, 0.1) is 17.4 Å². The van der Waals surface area contributed by atoms with Crippen LogP contribution in [-0.4, -0.2) is 23.9 Å². The SMILES string of the molecule is O=C(Nc1ccccc1N1CCCCCC1)c1ccc([N+](=O)[O-])o1. The van der Waals surface area contributed by atoms with Crippen molar-refractivity contribution in [3.05, 3.63) is 52.3 Å². The molecule has 1 saturated heterocycles. The molecule has 2 heterocycles. The molecule has 1 N–H and O–H groups in total. The second-order valence-corrected chi connectivity index (χ2v) is 5.77. The van der Waals surface area contributed by atoms with Gasteiger partial charge in [0.1, 0.15) is 4.92 Å². The first-order valence-electron chi connectivity index (χ1n) is 8.05. The maximum atomic E-state index is 12.3. The van der Waals surface area contributed by atoms with Crippen LogP contribution in [0.2, 0.25) is 0 Å². The molecule has 0 saturated carbocycles. The van der Waals surface area contributed by atoms with Gasteiger partial charge in [-0.3, -0.25) is 14.9 Å². The molecule has 1 amide bonds. The van der Waals surface area contributed by atoms with E-state index >= 15 is 0 Å². The Morgan fingerprint density at radius 3 is 2.46 bits per heavy atom. The highest BCUT2D eigenvalue weighted by atomic mass is 16.6. The highest BCUT2D eigenvalue weighted by Crippen LogP contribution is 2.28. The van der Waals surface area contributed by atoms with Crippen molar-refractivity contribution in [2.24, 2.45) is 0 Å². The van der Waals surface area contributed by atoms with E-state index in [1.807, 2.05) is 24.3 Å². The molecule has 0 bridgehead atoms. The van der Waals surface area contributed by atoms with E-state index in [1.54, 1.807) is 0 Å². The lowest BCUT2D eigenvalue weighted by molar-refractivity contribution is -0.402. The first-order valence-corrected chi connectivity index (χ1v) is 8.05. The first-order chi connectivity index (χ1) is 11.6. The number of hydrogen-bond donors (Lipinski definition) is 1. The van der Waals surface area contributed by atoms with Crippen molar-refractivity contribution in [3.8, 4) is 0 Å². The van der Waals surface area contributed by atoms with Gasteiger partial charge in [0.25, 0.3) is 5.91 Å². The lowest BCUT2D eigenvalue weighted by atomic mass is 10.2. The standard InChI is InChI=1S/C17H19N3O4/c21-17(15-9-10-16(24-15)20(22)23)18-13-7-3-4-8-14(13)19-11-5-1-2-6-12-19/h3-4,7-10H,1-2,5-6,11-12H2,(H,18,21). The third-order valence-corrected chi connectivity index (χ3v) is 4.09. The summed E-state index contributed by atoms with van der Waals surface area (Å²) in [6.07, 6.45) is 4.71. The second kappa shape index (κ2) is 7.16. The summed E-state index contributed by atoms with van der Waals surface area (Å²) in [5.74, 6) is -1.02. The Morgan fingerprint density at radius 1 is 1.08 bits per heavy atom. The van der Waals surface area contributed by atoms with Gasteiger partial charge in [-0.05, 0) is 31.0 Å². The van der Waals surface area contributed by atoms with Crippen molar-refractivity contribution in [1.82, 2.24) is 0 Å². The number of nitrogens with one attached hydrogen (secondary N) is 1. The van der Waals surface area contributed by atoms with Gasteiger partial charge in [-0.1, -0.05) is 25.0 Å². The highest BCUT2D eigenvalue weighted by molar-refractivity contribution is 6.04. The number of hydrogen-bond acceptors (Lipinski definition) is 5. The fourth-order valence-electron chi connectivity index (χ4n) is 2.90. The summed E-state index contributed by atoms with van der Waals surface area (Å²) in [4.78, 5) is 24.6. The molecule has 3 rings (SSSR count). The number of benzene rings is 1. The van der Waals surface area contributed by atoms with Crippen LogP contribution in [0, 0.1) is 10.1 Å².